The molecule has 0 atom stereocenters. The molecule has 16 heavy (non-hydrogen) atoms. The molecule has 0 unspecified atom stereocenters. The zero-order valence-corrected chi connectivity index (χ0v) is 8.97. The summed E-state index contributed by atoms with van der Waals surface area (Å²) in [7, 11) is 0. The zero-order valence-electron chi connectivity index (χ0n) is 8.97. The Morgan fingerprint density at radius 3 is 2.56 bits per heavy atom. The van der Waals surface area contributed by atoms with E-state index >= 15 is 0 Å². The van der Waals surface area contributed by atoms with Crippen molar-refractivity contribution in [3.63, 3.8) is 0 Å². The normalized spacial score (nSPS) is 10.1. The number of carbonyl (C=O) groups excluding carboxylic acids is 1. The van der Waals surface area contributed by atoms with Crippen molar-refractivity contribution in [1.82, 2.24) is 0 Å². The number of aromatic hydroxyl groups is 1. The average Bonchev–Trinajstić information content (AvgIpc) is 2.28. The van der Waals surface area contributed by atoms with Crippen molar-refractivity contribution in [3.05, 3.63) is 53.6 Å². The summed E-state index contributed by atoms with van der Waals surface area (Å²) in [5.41, 5.74) is 3.48. The first-order valence-corrected chi connectivity index (χ1v) is 5.05. The summed E-state index contributed by atoms with van der Waals surface area (Å²) in [4.78, 5) is 10.7. The first kappa shape index (κ1) is 10.4. The predicted molar refractivity (Wildman–Crippen MR) is 63.7 cm³/mol. The van der Waals surface area contributed by atoms with Gasteiger partial charge in [0, 0.05) is 5.56 Å². The van der Waals surface area contributed by atoms with Gasteiger partial charge in [-0.15, -0.1) is 0 Å². The lowest BCUT2D eigenvalue weighted by atomic mass is 10.0. The van der Waals surface area contributed by atoms with Crippen LogP contribution in [-0.4, -0.2) is 11.4 Å². The van der Waals surface area contributed by atoms with Crippen molar-refractivity contribution in [2.24, 2.45) is 0 Å². The smallest absolute Gasteiger partial charge is 0.150 e. The Morgan fingerprint density at radius 2 is 1.88 bits per heavy atom. The summed E-state index contributed by atoms with van der Waals surface area (Å²) in [5.74, 6) is 0.242. The Morgan fingerprint density at radius 1 is 1.06 bits per heavy atom. The second kappa shape index (κ2) is 4.19. The summed E-state index contributed by atoms with van der Waals surface area (Å²) in [6.07, 6.45) is 0.819. The van der Waals surface area contributed by atoms with Crippen molar-refractivity contribution in [2.45, 2.75) is 6.92 Å². The van der Waals surface area contributed by atoms with E-state index in [2.05, 4.69) is 0 Å². The first-order valence-electron chi connectivity index (χ1n) is 5.05. The predicted octanol–water partition coefficient (Wildman–Crippen LogP) is 3.18. The molecular formula is C14H12O2. The number of rotatable bonds is 2. The minimum Gasteiger partial charge on any atom is -0.508 e. The molecule has 0 saturated carbocycles. The molecule has 0 aliphatic carbocycles. The van der Waals surface area contributed by atoms with Gasteiger partial charge in [0.15, 0.2) is 0 Å². The van der Waals surface area contributed by atoms with Gasteiger partial charge in [0.25, 0.3) is 0 Å². The highest BCUT2D eigenvalue weighted by Crippen LogP contribution is 2.25. The molecule has 0 saturated heterocycles. The van der Waals surface area contributed by atoms with Crippen LogP contribution in [0.25, 0.3) is 11.1 Å². The highest BCUT2D eigenvalue weighted by atomic mass is 16.3. The van der Waals surface area contributed by atoms with Crippen molar-refractivity contribution >= 4 is 6.29 Å². The number of aryl methyl sites for hydroxylation is 1. The molecule has 0 aliphatic rings. The molecule has 80 valence electrons. The summed E-state index contributed by atoms with van der Waals surface area (Å²) in [6.45, 7) is 1.92. The lowest BCUT2D eigenvalue weighted by Gasteiger charge is -2.05. The van der Waals surface area contributed by atoms with Gasteiger partial charge >= 0.3 is 0 Å². The third kappa shape index (κ3) is 2.11. The van der Waals surface area contributed by atoms with Crippen molar-refractivity contribution in [2.75, 3.05) is 0 Å². The van der Waals surface area contributed by atoms with Gasteiger partial charge in [-0.25, -0.2) is 0 Å². The fourth-order valence-electron chi connectivity index (χ4n) is 1.72. The van der Waals surface area contributed by atoms with Gasteiger partial charge in [-0.3, -0.25) is 4.79 Å². The molecular weight excluding hydrogens is 200 g/mol. The highest BCUT2D eigenvalue weighted by Gasteiger charge is 2.01. The Bertz CT molecular complexity index is 510. The van der Waals surface area contributed by atoms with E-state index in [0.717, 1.165) is 23.0 Å². The van der Waals surface area contributed by atoms with Gasteiger partial charge in [-0.2, -0.15) is 0 Å². The van der Waals surface area contributed by atoms with Crippen LogP contribution >= 0.6 is 0 Å². The van der Waals surface area contributed by atoms with E-state index in [9.17, 15) is 9.90 Å². The third-order valence-corrected chi connectivity index (χ3v) is 2.42. The number of phenols is 1. The SMILES string of the molecule is Cc1cc(O)cc(-c2cccc(C=O)c2)c1. The number of hydrogen-bond donors (Lipinski definition) is 1. The van der Waals surface area contributed by atoms with Crippen LogP contribution < -0.4 is 0 Å². The van der Waals surface area contributed by atoms with Gasteiger partial charge in [-0.1, -0.05) is 24.3 Å². The topological polar surface area (TPSA) is 37.3 Å². The maximum absolute atomic E-state index is 10.7. The summed E-state index contributed by atoms with van der Waals surface area (Å²) in [6, 6.07) is 12.7. The molecule has 0 fully saturated rings. The fourth-order valence-corrected chi connectivity index (χ4v) is 1.72. The van der Waals surface area contributed by atoms with Gasteiger partial charge in [0.2, 0.25) is 0 Å². The second-order valence-electron chi connectivity index (χ2n) is 3.80. The van der Waals surface area contributed by atoms with Gasteiger partial charge in [-0.05, 0) is 41.8 Å². The maximum Gasteiger partial charge on any atom is 0.150 e. The van der Waals surface area contributed by atoms with E-state index in [1.54, 1.807) is 24.3 Å². The van der Waals surface area contributed by atoms with Crippen molar-refractivity contribution < 1.29 is 9.90 Å². The number of carbonyl (C=O) groups is 1. The van der Waals surface area contributed by atoms with E-state index in [1.165, 1.54) is 0 Å². The lowest BCUT2D eigenvalue weighted by molar-refractivity contribution is 0.112. The first-order chi connectivity index (χ1) is 7.69. The van der Waals surface area contributed by atoms with Crippen LogP contribution in [0, 0.1) is 6.92 Å². The largest absolute Gasteiger partial charge is 0.508 e. The average molecular weight is 212 g/mol. The number of benzene rings is 2. The number of aldehydes is 1. The Hall–Kier alpha value is -2.09. The molecule has 0 heterocycles. The minimum atomic E-state index is 0.242. The lowest BCUT2D eigenvalue weighted by Crippen LogP contribution is -1.83. The van der Waals surface area contributed by atoms with Gasteiger partial charge in [0.05, 0.1) is 0 Å². The van der Waals surface area contributed by atoms with Gasteiger partial charge in [0.1, 0.15) is 12.0 Å². The fraction of sp³-hybridized carbons (Fsp3) is 0.0714. The summed E-state index contributed by atoms with van der Waals surface area (Å²) in [5, 5.41) is 9.51. The van der Waals surface area contributed by atoms with Crippen LogP contribution in [0.3, 0.4) is 0 Å². The summed E-state index contributed by atoms with van der Waals surface area (Å²) < 4.78 is 0. The molecule has 0 amide bonds. The molecule has 1 N–H and O–H groups in total. The van der Waals surface area contributed by atoms with Crippen LogP contribution in [-0.2, 0) is 0 Å². The molecule has 0 aliphatic heterocycles. The van der Waals surface area contributed by atoms with Crippen LogP contribution in [0.15, 0.2) is 42.5 Å². The highest BCUT2D eigenvalue weighted by molar-refractivity contribution is 5.79. The zero-order chi connectivity index (χ0) is 11.5. The van der Waals surface area contributed by atoms with E-state index < -0.39 is 0 Å². The monoisotopic (exact) mass is 212 g/mol. The molecule has 2 aromatic rings. The molecule has 0 spiro atoms. The number of hydrogen-bond acceptors (Lipinski definition) is 2. The summed E-state index contributed by atoms with van der Waals surface area (Å²) >= 11 is 0. The van der Waals surface area contributed by atoms with E-state index in [-0.39, 0.29) is 5.75 Å². The van der Waals surface area contributed by atoms with E-state index in [4.69, 9.17) is 0 Å². The quantitative estimate of drug-likeness (QED) is 0.776. The van der Waals surface area contributed by atoms with E-state index in [1.807, 2.05) is 25.1 Å². The Kier molecular flexibility index (Phi) is 2.73. The van der Waals surface area contributed by atoms with E-state index in [0.29, 0.717) is 5.56 Å². The molecule has 2 nitrogen and oxygen atoms in total. The molecule has 2 heteroatoms. The van der Waals surface area contributed by atoms with Crippen LogP contribution in [0.2, 0.25) is 0 Å². The second-order valence-corrected chi connectivity index (χ2v) is 3.80. The Balaban J connectivity index is 2.53. The van der Waals surface area contributed by atoms with Crippen molar-refractivity contribution in [1.29, 1.82) is 0 Å². The standard InChI is InChI=1S/C14H12O2/c1-10-5-13(8-14(16)6-10)12-4-2-3-11(7-12)9-15/h2-9,16H,1H3. The molecule has 2 rings (SSSR count). The van der Waals surface area contributed by atoms with Crippen LogP contribution in [0.4, 0.5) is 0 Å². The number of phenolic OH excluding ortho intramolecular Hbond substituents is 1. The molecule has 2 aromatic carbocycles. The third-order valence-electron chi connectivity index (χ3n) is 2.42. The molecule has 0 radical (unpaired) electrons. The minimum absolute atomic E-state index is 0.242. The molecule has 0 bridgehead atoms. The molecule has 0 aromatic heterocycles. The van der Waals surface area contributed by atoms with Gasteiger partial charge < -0.3 is 5.11 Å². The maximum atomic E-state index is 10.7. The van der Waals surface area contributed by atoms with Crippen LogP contribution in [0.5, 0.6) is 5.75 Å². The van der Waals surface area contributed by atoms with Crippen molar-refractivity contribution in [3.8, 4) is 16.9 Å². The Labute approximate surface area is 94.2 Å². The van der Waals surface area contributed by atoms with Crippen LogP contribution in [0.1, 0.15) is 15.9 Å².